The summed E-state index contributed by atoms with van der Waals surface area (Å²) in [5, 5.41) is 0. The standard InChI is InChI=1S/C14H26N2O/c1-14(2)6-7-16(10-14)13(17)12-5-3-4-11(8-12)9-15/h11-12H,3-10,15H2,1-2H3. The summed E-state index contributed by atoms with van der Waals surface area (Å²) in [6, 6.07) is 0. The molecule has 2 atom stereocenters. The summed E-state index contributed by atoms with van der Waals surface area (Å²) in [6.45, 7) is 7.15. The number of rotatable bonds is 2. The molecule has 3 heteroatoms. The number of carbonyl (C=O) groups excluding carboxylic acids is 1. The first-order valence-electron chi connectivity index (χ1n) is 7.01. The number of nitrogens with zero attached hydrogens (tertiary/aromatic N) is 1. The third-order valence-corrected chi connectivity index (χ3v) is 4.45. The lowest BCUT2D eigenvalue weighted by Crippen LogP contribution is -2.38. The number of carbonyl (C=O) groups is 1. The summed E-state index contributed by atoms with van der Waals surface area (Å²) in [7, 11) is 0. The molecule has 0 aromatic carbocycles. The summed E-state index contributed by atoms with van der Waals surface area (Å²) in [4.78, 5) is 14.5. The van der Waals surface area contributed by atoms with Gasteiger partial charge in [0.25, 0.3) is 0 Å². The molecule has 0 spiro atoms. The van der Waals surface area contributed by atoms with Crippen molar-refractivity contribution >= 4 is 5.91 Å². The van der Waals surface area contributed by atoms with Gasteiger partial charge in [-0.15, -0.1) is 0 Å². The average molecular weight is 238 g/mol. The molecule has 0 bridgehead atoms. The van der Waals surface area contributed by atoms with Crippen molar-refractivity contribution in [2.75, 3.05) is 19.6 Å². The van der Waals surface area contributed by atoms with Crippen molar-refractivity contribution in [2.45, 2.75) is 46.0 Å². The van der Waals surface area contributed by atoms with E-state index in [1.165, 1.54) is 12.8 Å². The van der Waals surface area contributed by atoms with E-state index >= 15 is 0 Å². The molecule has 1 saturated carbocycles. The number of hydrogen-bond donors (Lipinski definition) is 1. The fourth-order valence-corrected chi connectivity index (χ4v) is 3.29. The van der Waals surface area contributed by atoms with Gasteiger partial charge in [0.15, 0.2) is 0 Å². The van der Waals surface area contributed by atoms with Crippen molar-refractivity contribution < 1.29 is 4.79 Å². The van der Waals surface area contributed by atoms with Crippen molar-refractivity contribution in [3.8, 4) is 0 Å². The fourth-order valence-electron chi connectivity index (χ4n) is 3.29. The fraction of sp³-hybridized carbons (Fsp3) is 0.929. The summed E-state index contributed by atoms with van der Waals surface area (Å²) in [5.41, 5.74) is 6.05. The first kappa shape index (κ1) is 12.9. The smallest absolute Gasteiger partial charge is 0.225 e. The first-order chi connectivity index (χ1) is 8.02. The minimum Gasteiger partial charge on any atom is -0.342 e. The number of likely N-dealkylation sites (tertiary alicyclic amines) is 1. The third kappa shape index (κ3) is 3.01. The monoisotopic (exact) mass is 238 g/mol. The molecular formula is C14H26N2O. The molecule has 0 aromatic heterocycles. The Balaban J connectivity index is 1.91. The average Bonchev–Trinajstić information content (AvgIpc) is 2.69. The van der Waals surface area contributed by atoms with Gasteiger partial charge >= 0.3 is 0 Å². The van der Waals surface area contributed by atoms with Gasteiger partial charge in [-0.25, -0.2) is 0 Å². The summed E-state index contributed by atoms with van der Waals surface area (Å²) < 4.78 is 0. The van der Waals surface area contributed by atoms with Gasteiger partial charge in [0.05, 0.1) is 0 Å². The van der Waals surface area contributed by atoms with Crippen LogP contribution in [-0.4, -0.2) is 30.4 Å². The highest BCUT2D eigenvalue weighted by Crippen LogP contribution is 2.34. The van der Waals surface area contributed by atoms with E-state index in [4.69, 9.17) is 5.73 Å². The van der Waals surface area contributed by atoms with Crippen LogP contribution in [0.3, 0.4) is 0 Å². The normalized spacial score (nSPS) is 32.8. The highest BCUT2D eigenvalue weighted by Gasteiger charge is 2.36. The first-order valence-corrected chi connectivity index (χ1v) is 7.01. The van der Waals surface area contributed by atoms with E-state index in [1.807, 2.05) is 0 Å². The molecule has 98 valence electrons. The number of amides is 1. The van der Waals surface area contributed by atoms with Crippen molar-refractivity contribution in [3.05, 3.63) is 0 Å². The molecule has 17 heavy (non-hydrogen) atoms. The molecule has 2 fully saturated rings. The van der Waals surface area contributed by atoms with E-state index in [-0.39, 0.29) is 5.92 Å². The van der Waals surface area contributed by atoms with Crippen LogP contribution in [0.4, 0.5) is 0 Å². The predicted octanol–water partition coefficient (Wildman–Crippen LogP) is 2.01. The van der Waals surface area contributed by atoms with E-state index in [0.717, 1.165) is 38.9 Å². The second-order valence-electron chi connectivity index (χ2n) is 6.64. The van der Waals surface area contributed by atoms with Crippen LogP contribution < -0.4 is 5.73 Å². The maximum atomic E-state index is 12.4. The molecule has 1 aliphatic heterocycles. The molecule has 2 N–H and O–H groups in total. The lowest BCUT2D eigenvalue weighted by molar-refractivity contribution is -0.136. The van der Waals surface area contributed by atoms with Crippen LogP contribution in [0.25, 0.3) is 0 Å². The molecule has 1 amide bonds. The maximum Gasteiger partial charge on any atom is 0.225 e. The second-order valence-corrected chi connectivity index (χ2v) is 6.64. The quantitative estimate of drug-likeness (QED) is 0.800. The van der Waals surface area contributed by atoms with Crippen LogP contribution in [0.2, 0.25) is 0 Å². The van der Waals surface area contributed by atoms with Gasteiger partial charge < -0.3 is 10.6 Å². The third-order valence-electron chi connectivity index (χ3n) is 4.45. The highest BCUT2D eigenvalue weighted by molar-refractivity contribution is 5.79. The van der Waals surface area contributed by atoms with Gasteiger partial charge in [0, 0.05) is 19.0 Å². The van der Waals surface area contributed by atoms with Crippen LogP contribution in [0.1, 0.15) is 46.0 Å². The van der Waals surface area contributed by atoms with Gasteiger partial charge in [0.1, 0.15) is 0 Å². The minimum absolute atomic E-state index is 0.256. The minimum atomic E-state index is 0.256. The van der Waals surface area contributed by atoms with Crippen LogP contribution in [0.15, 0.2) is 0 Å². The topological polar surface area (TPSA) is 46.3 Å². The van der Waals surface area contributed by atoms with Crippen LogP contribution in [0, 0.1) is 17.3 Å². The molecule has 2 unspecified atom stereocenters. The van der Waals surface area contributed by atoms with E-state index in [0.29, 0.717) is 17.2 Å². The van der Waals surface area contributed by atoms with Gasteiger partial charge in [-0.1, -0.05) is 20.3 Å². The Morgan fingerprint density at radius 3 is 2.76 bits per heavy atom. The second kappa shape index (κ2) is 4.97. The summed E-state index contributed by atoms with van der Waals surface area (Å²) in [5.74, 6) is 1.23. The van der Waals surface area contributed by atoms with Crippen molar-refractivity contribution in [1.29, 1.82) is 0 Å². The van der Waals surface area contributed by atoms with E-state index < -0.39 is 0 Å². The zero-order chi connectivity index (χ0) is 12.5. The maximum absolute atomic E-state index is 12.4. The Kier molecular flexibility index (Phi) is 3.76. The van der Waals surface area contributed by atoms with Gasteiger partial charge in [-0.05, 0) is 43.6 Å². The van der Waals surface area contributed by atoms with Crippen molar-refractivity contribution in [1.82, 2.24) is 4.90 Å². The zero-order valence-electron chi connectivity index (χ0n) is 11.2. The van der Waals surface area contributed by atoms with Crippen LogP contribution in [-0.2, 0) is 4.79 Å². The molecule has 2 rings (SSSR count). The van der Waals surface area contributed by atoms with E-state index in [9.17, 15) is 4.79 Å². The van der Waals surface area contributed by atoms with Gasteiger partial charge in [-0.2, -0.15) is 0 Å². The van der Waals surface area contributed by atoms with Crippen molar-refractivity contribution in [2.24, 2.45) is 23.0 Å². The Morgan fingerprint density at radius 2 is 2.18 bits per heavy atom. The Labute approximate surface area is 105 Å². The molecule has 3 nitrogen and oxygen atoms in total. The summed E-state index contributed by atoms with van der Waals surface area (Å²) in [6.07, 6.45) is 5.63. The molecule has 1 saturated heterocycles. The number of hydrogen-bond acceptors (Lipinski definition) is 2. The van der Waals surface area contributed by atoms with E-state index in [2.05, 4.69) is 18.7 Å². The SMILES string of the molecule is CC1(C)CCN(C(=O)C2CCCC(CN)C2)C1. The number of nitrogens with two attached hydrogens (primary N) is 1. The van der Waals surface area contributed by atoms with Crippen LogP contribution in [0.5, 0.6) is 0 Å². The predicted molar refractivity (Wildman–Crippen MR) is 69.5 cm³/mol. The lowest BCUT2D eigenvalue weighted by Gasteiger charge is -2.31. The van der Waals surface area contributed by atoms with E-state index in [1.54, 1.807) is 0 Å². The molecule has 1 heterocycles. The largest absolute Gasteiger partial charge is 0.342 e. The Hall–Kier alpha value is -0.570. The van der Waals surface area contributed by atoms with Crippen LogP contribution >= 0.6 is 0 Å². The zero-order valence-corrected chi connectivity index (χ0v) is 11.2. The Morgan fingerprint density at radius 1 is 1.41 bits per heavy atom. The van der Waals surface area contributed by atoms with Gasteiger partial charge in [-0.3, -0.25) is 4.79 Å². The molecule has 0 aromatic rings. The Bertz CT molecular complexity index is 288. The molecular weight excluding hydrogens is 212 g/mol. The molecule has 1 aliphatic carbocycles. The molecule has 2 aliphatic rings. The lowest BCUT2D eigenvalue weighted by atomic mass is 9.81. The molecule has 0 radical (unpaired) electrons. The van der Waals surface area contributed by atoms with Gasteiger partial charge in [0.2, 0.25) is 5.91 Å². The van der Waals surface area contributed by atoms with Crippen molar-refractivity contribution in [3.63, 3.8) is 0 Å². The summed E-state index contributed by atoms with van der Waals surface area (Å²) >= 11 is 0. The highest BCUT2D eigenvalue weighted by atomic mass is 16.2.